The summed E-state index contributed by atoms with van der Waals surface area (Å²) in [7, 11) is -3.05. The molecule has 0 aromatic rings. The van der Waals surface area contributed by atoms with E-state index in [1.54, 1.807) is 4.31 Å². The van der Waals surface area contributed by atoms with E-state index in [-0.39, 0.29) is 5.54 Å². The predicted molar refractivity (Wildman–Crippen MR) is 82.0 cm³/mol. The average Bonchev–Trinajstić information content (AvgIpc) is 2.46. The minimum Gasteiger partial charge on any atom is -0.329 e. The predicted octanol–water partition coefficient (Wildman–Crippen LogP) is 0.861. The smallest absolute Gasteiger partial charge is 0.211 e. The second-order valence-electron chi connectivity index (χ2n) is 6.31. The minimum absolute atomic E-state index is 0.108. The highest BCUT2D eigenvalue weighted by atomic mass is 32.2. The molecule has 20 heavy (non-hydrogen) atoms. The molecule has 0 bridgehead atoms. The lowest BCUT2D eigenvalue weighted by Crippen LogP contribution is -2.64. The van der Waals surface area contributed by atoms with Crippen LogP contribution < -0.4 is 5.73 Å². The fourth-order valence-corrected chi connectivity index (χ4v) is 4.98. The quantitative estimate of drug-likeness (QED) is 0.836. The number of sulfonamides is 1. The van der Waals surface area contributed by atoms with Crippen LogP contribution >= 0.6 is 0 Å². The van der Waals surface area contributed by atoms with Gasteiger partial charge in [0.05, 0.1) is 6.26 Å². The summed E-state index contributed by atoms with van der Waals surface area (Å²) in [6.07, 6.45) is 7.46. The first-order valence-electron chi connectivity index (χ1n) is 7.84. The molecule has 118 valence electrons. The lowest BCUT2D eigenvalue weighted by molar-refractivity contribution is -0.0142. The Morgan fingerprint density at radius 1 is 1.20 bits per heavy atom. The third-order valence-corrected chi connectivity index (χ3v) is 6.66. The van der Waals surface area contributed by atoms with Crippen molar-refractivity contribution in [2.24, 2.45) is 11.7 Å². The van der Waals surface area contributed by atoms with Gasteiger partial charge in [0.1, 0.15) is 0 Å². The molecule has 1 aliphatic heterocycles. The Labute approximate surface area is 123 Å². The Morgan fingerprint density at radius 3 is 2.35 bits per heavy atom. The number of hydrogen-bond acceptors (Lipinski definition) is 4. The van der Waals surface area contributed by atoms with Crippen molar-refractivity contribution in [2.45, 2.75) is 44.6 Å². The van der Waals surface area contributed by atoms with Gasteiger partial charge >= 0.3 is 0 Å². The fourth-order valence-electron chi connectivity index (χ4n) is 4.16. The molecule has 0 aromatic carbocycles. The molecule has 1 saturated carbocycles. The highest BCUT2D eigenvalue weighted by Crippen LogP contribution is 2.40. The molecule has 0 spiro atoms. The third kappa shape index (κ3) is 3.03. The SMILES string of the molecule is CCC1CCCCC1(CN)N1CCN(S(C)(=O)=O)CC1. The van der Waals surface area contributed by atoms with Crippen molar-refractivity contribution in [2.75, 3.05) is 39.0 Å². The summed E-state index contributed by atoms with van der Waals surface area (Å²) in [4.78, 5) is 2.49. The normalized spacial score (nSPS) is 34.2. The van der Waals surface area contributed by atoms with Crippen LogP contribution in [0.25, 0.3) is 0 Å². The minimum atomic E-state index is -3.05. The van der Waals surface area contributed by atoms with Gasteiger partial charge in [-0.2, -0.15) is 4.31 Å². The molecule has 5 nitrogen and oxygen atoms in total. The summed E-state index contributed by atoms with van der Waals surface area (Å²) in [6.45, 7) is 5.81. The fraction of sp³-hybridized carbons (Fsp3) is 1.00. The molecule has 0 amide bonds. The first-order valence-corrected chi connectivity index (χ1v) is 9.69. The molecule has 0 radical (unpaired) electrons. The number of hydrogen-bond donors (Lipinski definition) is 1. The Bertz CT molecular complexity index is 418. The first-order chi connectivity index (χ1) is 9.44. The van der Waals surface area contributed by atoms with E-state index >= 15 is 0 Å². The molecule has 1 saturated heterocycles. The van der Waals surface area contributed by atoms with Gasteiger partial charge in [-0.05, 0) is 18.8 Å². The maximum atomic E-state index is 11.6. The molecular weight excluding hydrogens is 274 g/mol. The Kier molecular flexibility index (Phi) is 5.10. The van der Waals surface area contributed by atoms with Gasteiger partial charge in [-0.25, -0.2) is 8.42 Å². The van der Waals surface area contributed by atoms with E-state index in [1.165, 1.54) is 38.4 Å². The molecule has 2 N–H and O–H groups in total. The lowest BCUT2D eigenvalue weighted by Gasteiger charge is -2.53. The molecule has 2 rings (SSSR count). The van der Waals surface area contributed by atoms with Crippen molar-refractivity contribution in [3.05, 3.63) is 0 Å². The third-order valence-electron chi connectivity index (χ3n) is 5.36. The van der Waals surface area contributed by atoms with E-state index in [0.717, 1.165) is 13.1 Å². The van der Waals surface area contributed by atoms with Gasteiger partial charge < -0.3 is 5.73 Å². The van der Waals surface area contributed by atoms with Gasteiger partial charge in [0, 0.05) is 38.3 Å². The van der Waals surface area contributed by atoms with Gasteiger partial charge in [0.15, 0.2) is 0 Å². The zero-order chi connectivity index (χ0) is 14.8. The van der Waals surface area contributed by atoms with E-state index in [4.69, 9.17) is 5.73 Å². The van der Waals surface area contributed by atoms with Crippen LogP contribution in [0.1, 0.15) is 39.0 Å². The molecular formula is C14H29N3O2S. The van der Waals surface area contributed by atoms with Crippen LogP contribution in [-0.2, 0) is 10.0 Å². The monoisotopic (exact) mass is 303 g/mol. The van der Waals surface area contributed by atoms with Crippen LogP contribution in [0, 0.1) is 5.92 Å². The molecule has 2 atom stereocenters. The lowest BCUT2D eigenvalue weighted by atomic mass is 9.70. The van der Waals surface area contributed by atoms with Crippen molar-refractivity contribution in [3.8, 4) is 0 Å². The van der Waals surface area contributed by atoms with Crippen LogP contribution in [0.4, 0.5) is 0 Å². The summed E-state index contributed by atoms with van der Waals surface area (Å²) >= 11 is 0. The van der Waals surface area contributed by atoms with E-state index in [1.807, 2.05) is 0 Å². The van der Waals surface area contributed by atoms with Crippen LogP contribution in [0.5, 0.6) is 0 Å². The first kappa shape index (κ1) is 16.2. The van der Waals surface area contributed by atoms with Gasteiger partial charge in [0.2, 0.25) is 10.0 Å². The van der Waals surface area contributed by atoms with Crippen LogP contribution in [0.2, 0.25) is 0 Å². The number of rotatable bonds is 4. The largest absolute Gasteiger partial charge is 0.329 e. The topological polar surface area (TPSA) is 66.6 Å². The Hall–Kier alpha value is -0.170. The van der Waals surface area contributed by atoms with E-state index in [0.29, 0.717) is 25.6 Å². The molecule has 0 aromatic heterocycles. The number of nitrogens with zero attached hydrogens (tertiary/aromatic N) is 2. The van der Waals surface area contributed by atoms with E-state index < -0.39 is 10.0 Å². The van der Waals surface area contributed by atoms with Crippen molar-refractivity contribution < 1.29 is 8.42 Å². The molecule has 1 aliphatic carbocycles. The summed E-state index contributed by atoms with van der Waals surface area (Å²) in [5.74, 6) is 0.658. The van der Waals surface area contributed by atoms with Crippen molar-refractivity contribution in [1.29, 1.82) is 0 Å². The van der Waals surface area contributed by atoms with Gasteiger partial charge in [-0.15, -0.1) is 0 Å². The van der Waals surface area contributed by atoms with Gasteiger partial charge in [-0.3, -0.25) is 4.90 Å². The zero-order valence-electron chi connectivity index (χ0n) is 12.8. The van der Waals surface area contributed by atoms with Gasteiger partial charge in [0.25, 0.3) is 0 Å². The van der Waals surface area contributed by atoms with Crippen molar-refractivity contribution >= 4 is 10.0 Å². The molecule has 6 heteroatoms. The summed E-state index contributed by atoms with van der Waals surface area (Å²) in [5.41, 5.74) is 6.29. The molecule has 1 heterocycles. The summed E-state index contributed by atoms with van der Waals surface area (Å²) < 4.78 is 24.8. The Morgan fingerprint density at radius 2 is 1.85 bits per heavy atom. The van der Waals surface area contributed by atoms with Gasteiger partial charge in [-0.1, -0.05) is 26.2 Å². The molecule has 2 unspecified atom stereocenters. The summed E-state index contributed by atoms with van der Waals surface area (Å²) in [5, 5.41) is 0. The zero-order valence-corrected chi connectivity index (χ0v) is 13.7. The van der Waals surface area contributed by atoms with Crippen LogP contribution in [0.3, 0.4) is 0 Å². The highest BCUT2D eigenvalue weighted by molar-refractivity contribution is 7.88. The second kappa shape index (κ2) is 6.30. The number of piperazine rings is 1. The molecule has 2 aliphatic rings. The standard InChI is InChI=1S/C14H29N3O2S/c1-3-13-6-4-5-7-14(13,12-15)16-8-10-17(11-9-16)20(2,18)19/h13H,3-12,15H2,1-2H3. The second-order valence-corrected chi connectivity index (χ2v) is 8.29. The highest BCUT2D eigenvalue weighted by Gasteiger charge is 2.44. The van der Waals surface area contributed by atoms with E-state index in [2.05, 4.69) is 11.8 Å². The van der Waals surface area contributed by atoms with E-state index in [9.17, 15) is 8.42 Å². The van der Waals surface area contributed by atoms with Crippen LogP contribution in [-0.4, -0.2) is 62.1 Å². The maximum Gasteiger partial charge on any atom is 0.211 e. The maximum absolute atomic E-state index is 11.6. The van der Waals surface area contributed by atoms with Crippen molar-refractivity contribution in [3.63, 3.8) is 0 Å². The average molecular weight is 303 g/mol. The summed E-state index contributed by atoms with van der Waals surface area (Å²) in [6, 6.07) is 0. The molecule has 2 fully saturated rings. The van der Waals surface area contributed by atoms with Crippen LogP contribution in [0.15, 0.2) is 0 Å². The van der Waals surface area contributed by atoms with Crippen molar-refractivity contribution in [1.82, 2.24) is 9.21 Å². The Balaban J connectivity index is 2.10. The number of nitrogens with two attached hydrogens (primary N) is 1.